The predicted octanol–water partition coefficient (Wildman–Crippen LogP) is 4.23. The fourth-order valence-corrected chi connectivity index (χ4v) is 3.76. The molecule has 9 nitrogen and oxygen atoms in total. The minimum Gasteiger partial charge on any atom is -0.453 e. The van der Waals surface area contributed by atoms with Gasteiger partial charge in [0.15, 0.2) is 11.6 Å². The van der Waals surface area contributed by atoms with Crippen LogP contribution in [0.1, 0.15) is 21.8 Å². The molecule has 0 aliphatic carbocycles. The van der Waals surface area contributed by atoms with Crippen molar-refractivity contribution in [3.05, 3.63) is 87.5 Å². The molecule has 0 fully saturated rings. The lowest BCUT2D eigenvalue weighted by Gasteiger charge is -2.12. The van der Waals surface area contributed by atoms with Gasteiger partial charge in [-0.15, -0.1) is 10.2 Å². The summed E-state index contributed by atoms with van der Waals surface area (Å²) < 4.78 is 26.6. The number of aliphatic hydroxyl groups excluding tert-OH is 2. The van der Waals surface area contributed by atoms with Crippen molar-refractivity contribution in [2.24, 2.45) is 0 Å². The highest BCUT2D eigenvalue weighted by Crippen LogP contribution is 2.36. The van der Waals surface area contributed by atoms with Crippen LogP contribution in [0.2, 0.25) is 10.0 Å². The van der Waals surface area contributed by atoms with Gasteiger partial charge < -0.3 is 30.4 Å². The molecule has 1 amide bonds. The molecular weight excluding hydrogens is 526 g/mol. The van der Waals surface area contributed by atoms with Crippen molar-refractivity contribution in [1.29, 1.82) is 0 Å². The lowest BCUT2D eigenvalue weighted by molar-refractivity contribution is 0.0802. The summed E-state index contributed by atoms with van der Waals surface area (Å²) in [5.74, 6) is -0.903. The SMILES string of the molecule is Nc1cc(Cl)cc(Oc2c(Cl)ccc(Cc3nnc(-c4cccc(C(=O)NCC(O)CO)c4)o3)c2F)c1. The molecule has 0 saturated heterocycles. The molecule has 1 heterocycles. The number of nitrogens with one attached hydrogen (secondary N) is 1. The van der Waals surface area contributed by atoms with E-state index in [1.807, 2.05) is 0 Å². The van der Waals surface area contributed by atoms with E-state index in [0.717, 1.165) is 0 Å². The number of nitrogen functional groups attached to an aromatic ring is 1. The largest absolute Gasteiger partial charge is 0.453 e. The highest BCUT2D eigenvalue weighted by Gasteiger charge is 2.19. The Balaban J connectivity index is 1.51. The second-order valence-electron chi connectivity index (χ2n) is 7.98. The van der Waals surface area contributed by atoms with Gasteiger partial charge in [-0.05, 0) is 36.4 Å². The van der Waals surface area contributed by atoms with E-state index in [2.05, 4.69) is 15.5 Å². The van der Waals surface area contributed by atoms with Crippen LogP contribution in [0.5, 0.6) is 11.5 Å². The van der Waals surface area contributed by atoms with Gasteiger partial charge in [-0.1, -0.05) is 35.3 Å². The Labute approximate surface area is 220 Å². The molecular formula is C25H21Cl2FN4O5. The lowest BCUT2D eigenvalue weighted by atomic mass is 10.1. The van der Waals surface area contributed by atoms with E-state index >= 15 is 4.39 Å². The number of aliphatic hydroxyl groups is 2. The number of anilines is 1. The molecule has 0 spiro atoms. The number of rotatable bonds is 9. The van der Waals surface area contributed by atoms with Crippen LogP contribution in [0.15, 0.2) is 59.0 Å². The van der Waals surface area contributed by atoms with Crippen molar-refractivity contribution in [3.8, 4) is 23.0 Å². The number of hydrogen-bond acceptors (Lipinski definition) is 8. The number of benzene rings is 3. The predicted molar refractivity (Wildman–Crippen MR) is 135 cm³/mol. The summed E-state index contributed by atoms with van der Waals surface area (Å²) in [6.45, 7) is -0.574. The molecule has 0 bridgehead atoms. The molecule has 0 aliphatic rings. The average Bonchev–Trinajstić information content (AvgIpc) is 3.35. The van der Waals surface area contributed by atoms with Crippen LogP contribution < -0.4 is 15.8 Å². The van der Waals surface area contributed by atoms with Crippen LogP contribution in [-0.2, 0) is 6.42 Å². The number of hydrogen-bond donors (Lipinski definition) is 4. The second-order valence-corrected chi connectivity index (χ2v) is 8.82. The van der Waals surface area contributed by atoms with Gasteiger partial charge in [0.1, 0.15) is 5.75 Å². The fraction of sp³-hybridized carbons (Fsp3) is 0.160. The zero-order valence-electron chi connectivity index (χ0n) is 19.1. The number of carbonyl (C=O) groups excluding carboxylic acids is 1. The van der Waals surface area contributed by atoms with E-state index in [4.69, 9.17) is 43.2 Å². The maximum absolute atomic E-state index is 15.3. The number of halogens is 3. The Morgan fingerprint density at radius 1 is 1.16 bits per heavy atom. The first-order chi connectivity index (χ1) is 17.7. The summed E-state index contributed by atoms with van der Waals surface area (Å²) in [5, 5.41) is 29.1. The first kappa shape index (κ1) is 26.4. The van der Waals surface area contributed by atoms with E-state index < -0.39 is 24.4 Å². The molecule has 12 heteroatoms. The molecule has 0 aliphatic heterocycles. The van der Waals surface area contributed by atoms with Crippen molar-refractivity contribution in [3.63, 3.8) is 0 Å². The molecule has 0 saturated carbocycles. The first-order valence-electron chi connectivity index (χ1n) is 10.9. The van der Waals surface area contributed by atoms with Crippen LogP contribution in [-0.4, -0.2) is 45.6 Å². The summed E-state index contributed by atoms with van der Waals surface area (Å²) in [4.78, 5) is 12.3. The molecule has 37 heavy (non-hydrogen) atoms. The topological polar surface area (TPSA) is 144 Å². The lowest BCUT2D eigenvalue weighted by Crippen LogP contribution is -2.33. The van der Waals surface area contributed by atoms with Crippen molar-refractivity contribution in [1.82, 2.24) is 15.5 Å². The summed E-state index contributed by atoms with van der Waals surface area (Å²) >= 11 is 12.2. The van der Waals surface area contributed by atoms with Gasteiger partial charge in [0.25, 0.3) is 5.91 Å². The van der Waals surface area contributed by atoms with Crippen LogP contribution in [0.4, 0.5) is 10.1 Å². The Hall–Kier alpha value is -3.70. The van der Waals surface area contributed by atoms with Crippen molar-refractivity contribution in [2.75, 3.05) is 18.9 Å². The molecule has 1 unspecified atom stereocenters. The number of carbonyl (C=O) groups is 1. The summed E-state index contributed by atoms with van der Waals surface area (Å²) in [5.41, 5.74) is 7.06. The van der Waals surface area contributed by atoms with E-state index in [1.165, 1.54) is 36.4 Å². The van der Waals surface area contributed by atoms with Gasteiger partial charge in [0.2, 0.25) is 11.8 Å². The molecule has 192 valence electrons. The van der Waals surface area contributed by atoms with Crippen molar-refractivity contribution < 1.29 is 28.6 Å². The number of aromatic nitrogens is 2. The van der Waals surface area contributed by atoms with Gasteiger partial charge in [-0.2, -0.15) is 0 Å². The fourth-order valence-electron chi connectivity index (χ4n) is 3.34. The quantitative estimate of drug-likeness (QED) is 0.228. The first-order valence-corrected chi connectivity index (χ1v) is 11.7. The Morgan fingerprint density at radius 2 is 1.97 bits per heavy atom. The van der Waals surface area contributed by atoms with E-state index in [-0.39, 0.29) is 52.4 Å². The second kappa shape index (κ2) is 11.6. The summed E-state index contributed by atoms with van der Waals surface area (Å²) in [6.07, 6.45) is -1.11. The molecule has 1 aromatic heterocycles. The molecule has 5 N–H and O–H groups in total. The summed E-state index contributed by atoms with van der Waals surface area (Å²) in [7, 11) is 0. The Kier molecular flexibility index (Phi) is 8.24. The standard InChI is InChI=1S/C25H21Cl2FN4O5/c26-16-8-17(29)10-19(9-16)36-23-20(27)5-4-13(22(23)28)7-21-31-32-25(37-21)15-3-1-2-14(6-15)24(35)30-11-18(34)12-33/h1-6,8-10,18,33-34H,7,11-12,29H2,(H,30,35). The van der Waals surface area contributed by atoms with Crippen molar-refractivity contribution in [2.45, 2.75) is 12.5 Å². The number of nitrogens with two attached hydrogens (primary N) is 1. The highest BCUT2D eigenvalue weighted by atomic mass is 35.5. The number of ether oxygens (including phenoxy) is 1. The minimum atomic E-state index is -1.06. The third-order valence-electron chi connectivity index (χ3n) is 5.13. The zero-order chi connectivity index (χ0) is 26.5. The van der Waals surface area contributed by atoms with E-state index in [0.29, 0.717) is 16.3 Å². The van der Waals surface area contributed by atoms with E-state index in [9.17, 15) is 9.90 Å². The Morgan fingerprint density at radius 3 is 2.73 bits per heavy atom. The zero-order valence-corrected chi connectivity index (χ0v) is 20.6. The third kappa shape index (κ3) is 6.55. The molecule has 1 atom stereocenters. The molecule has 4 rings (SSSR count). The highest BCUT2D eigenvalue weighted by molar-refractivity contribution is 6.32. The summed E-state index contributed by atoms with van der Waals surface area (Å²) in [6, 6.07) is 13.9. The average molecular weight is 547 g/mol. The number of amides is 1. The van der Waals surface area contributed by atoms with Crippen LogP contribution in [0, 0.1) is 5.82 Å². The third-order valence-corrected chi connectivity index (χ3v) is 5.65. The molecule has 3 aromatic carbocycles. The monoisotopic (exact) mass is 546 g/mol. The van der Waals surface area contributed by atoms with Gasteiger partial charge >= 0.3 is 0 Å². The van der Waals surface area contributed by atoms with Crippen LogP contribution in [0.25, 0.3) is 11.5 Å². The van der Waals surface area contributed by atoms with E-state index in [1.54, 1.807) is 18.2 Å². The van der Waals surface area contributed by atoms with Crippen LogP contribution >= 0.6 is 23.2 Å². The smallest absolute Gasteiger partial charge is 0.251 e. The minimum absolute atomic E-state index is 0.0487. The van der Waals surface area contributed by atoms with Crippen molar-refractivity contribution >= 4 is 34.8 Å². The molecule has 0 radical (unpaired) electrons. The van der Waals surface area contributed by atoms with Crippen LogP contribution in [0.3, 0.4) is 0 Å². The van der Waals surface area contributed by atoms with Gasteiger partial charge in [0, 0.05) is 40.0 Å². The number of nitrogens with zero attached hydrogens (tertiary/aromatic N) is 2. The van der Waals surface area contributed by atoms with Gasteiger partial charge in [0.05, 0.1) is 24.2 Å². The molecule has 4 aromatic rings. The maximum Gasteiger partial charge on any atom is 0.251 e. The van der Waals surface area contributed by atoms with Gasteiger partial charge in [-0.25, -0.2) is 4.39 Å². The Bertz CT molecular complexity index is 1410. The van der Waals surface area contributed by atoms with Gasteiger partial charge in [-0.3, -0.25) is 4.79 Å². The maximum atomic E-state index is 15.3. The normalized spacial score (nSPS) is 11.8.